The first-order chi connectivity index (χ1) is 19.5. The third-order valence-corrected chi connectivity index (χ3v) is 24.5. The summed E-state index contributed by atoms with van der Waals surface area (Å²) in [6.07, 6.45) is -1.67. The highest BCUT2D eigenvalue weighted by Gasteiger charge is 2.50. The van der Waals surface area contributed by atoms with Crippen molar-refractivity contribution >= 4 is 39.3 Å². The van der Waals surface area contributed by atoms with E-state index in [4.69, 9.17) is 23.2 Å². The van der Waals surface area contributed by atoms with Gasteiger partial charge in [0, 0.05) is 20.4 Å². The molecule has 0 fully saturated rings. The highest BCUT2D eigenvalue weighted by molar-refractivity contribution is 6.90. The Hall–Kier alpha value is -1.33. The molecule has 0 bridgehead atoms. The normalized spacial score (nSPS) is 14.1. The second kappa shape index (κ2) is 15.1. The SMILES string of the molecule is CC(C)[Si](C(=C=C=C([C@H](O)c1ccc(Cl)cc1)[Si](C(C)C)(C(C)C)C(C)C)[C@@H](O)c1ccc(Cl)cc1)(C(C)C)C(C)C. The number of hydrogen-bond donors (Lipinski definition) is 2. The van der Waals surface area contributed by atoms with E-state index in [1.807, 2.05) is 48.5 Å². The summed E-state index contributed by atoms with van der Waals surface area (Å²) in [6.45, 7) is 27.6. The van der Waals surface area contributed by atoms with Crippen LogP contribution in [0.5, 0.6) is 0 Å². The summed E-state index contributed by atoms with van der Waals surface area (Å²) in [4.78, 5) is 0. The van der Waals surface area contributed by atoms with Crippen molar-refractivity contribution in [3.63, 3.8) is 0 Å². The smallest absolute Gasteiger partial charge is 0.104 e. The van der Waals surface area contributed by atoms with Crippen LogP contribution in [0.1, 0.15) is 106 Å². The zero-order chi connectivity index (χ0) is 32.2. The second-order valence-corrected chi connectivity index (χ2v) is 26.4. The maximum atomic E-state index is 12.2. The number of hydrogen-bond acceptors (Lipinski definition) is 2. The van der Waals surface area contributed by atoms with E-state index in [1.165, 1.54) is 0 Å². The van der Waals surface area contributed by atoms with Crippen molar-refractivity contribution in [1.82, 2.24) is 0 Å². The quantitative estimate of drug-likeness (QED) is 0.178. The predicted octanol–water partition coefficient (Wildman–Crippen LogP) is 11.8. The third-order valence-electron chi connectivity index (χ3n) is 9.92. The van der Waals surface area contributed by atoms with Gasteiger partial charge in [0.2, 0.25) is 0 Å². The molecule has 2 aromatic carbocycles. The Bertz CT molecular complexity index is 1120. The van der Waals surface area contributed by atoms with E-state index in [1.54, 1.807) is 0 Å². The maximum Gasteiger partial charge on any atom is 0.104 e. The molecular weight excluding hydrogens is 591 g/mol. The molecule has 2 rings (SSSR count). The van der Waals surface area contributed by atoms with Gasteiger partial charge in [0.25, 0.3) is 0 Å². The van der Waals surface area contributed by atoms with Crippen LogP contribution in [0.2, 0.25) is 43.3 Å². The molecule has 2 atom stereocenters. The van der Waals surface area contributed by atoms with Gasteiger partial charge in [-0.3, -0.25) is 0 Å². The third kappa shape index (κ3) is 7.14. The molecule has 0 radical (unpaired) electrons. The number of rotatable bonds is 12. The van der Waals surface area contributed by atoms with Crippen molar-refractivity contribution < 1.29 is 10.2 Å². The lowest BCUT2D eigenvalue weighted by atomic mass is 10.1. The summed E-state index contributed by atoms with van der Waals surface area (Å²) < 4.78 is 0. The standard InChI is InChI=1S/C36H54Cl2O2Si2/c1-23(2)41(24(3)4,25(5)6)33(35(39)29-13-17-31(37)18-14-29)21-22-34(36(40)30-15-19-32(38)20-16-30)42(26(7)8,27(9)10)28(11)12/h13-20,23-28,35-36,39-40H,1-12H3/t35-,36+. The topological polar surface area (TPSA) is 40.5 Å². The van der Waals surface area contributed by atoms with E-state index in [0.717, 1.165) is 21.5 Å². The molecule has 0 saturated carbocycles. The van der Waals surface area contributed by atoms with Gasteiger partial charge in [-0.25, -0.2) is 0 Å². The Morgan fingerprint density at radius 2 is 0.690 bits per heavy atom. The average Bonchev–Trinajstić information content (AvgIpc) is 2.88. The Balaban J connectivity index is 3.26. The predicted molar refractivity (Wildman–Crippen MR) is 189 cm³/mol. The first-order valence-corrected chi connectivity index (χ1v) is 20.8. The lowest BCUT2D eigenvalue weighted by molar-refractivity contribution is 0.220. The fourth-order valence-electron chi connectivity index (χ4n) is 8.45. The highest BCUT2D eigenvalue weighted by atomic mass is 35.5. The van der Waals surface area contributed by atoms with E-state index in [2.05, 4.69) is 94.5 Å². The van der Waals surface area contributed by atoms with E-state index in [9.17, 15) is 10.2 Å². The van der Waals surface area contributed by atoms with Crippen molar-refractivity contribution in [2.75, 3.05) is 0 Å². The molecule has 0 aliphatic heterocycles. The highest BCUT2D eigenvalue weighted by Crippen LogP contribution is 2.51. The molecule has 0 spiro atoms. The van der Waals surface area contributed by atoms with Gasteiger partial charge in [0.1, 0.15) is 28.4 Å². The van der Waals surface area contributed by atoms with Crippen LogP contribution in [-0.4, -0.2) is 26.4 Å². The number of aliphatic hydroxyl groups excluding tert-OH is 2. The van der Waals surface area contributed by atoms with Crippen molar-refractivity contribution in [3.8, 4) is 0 Å². The maximum absolute atomic E-state index is 12.2. The van der Waals surface area contributed by atoms with Crippen molar-refractivity contribution in [2.45, 2.75) is 129 Å². The molecular formula is C36H54Cl2O2Si2. The second-order valence-electron chi connectivity index (χ2n) is 13.8. The van der Waals surface area contributed by atoms with Crippen LogP contribution < -0.4 is 0 Å². The van der Waals surface area contributed by atoms with Crippen molar-refractivity contribution in [1.29, 1.82) is 0 Å². The summed E-state index contributed by atoms with van der Waals surface area (Å²) in [6, 6.07) is 15.0. The molecule has 0 amide bonds. The lowest BCUT2D eigenvalue weighted by Gasteiger charge is -2.46. The summed E-state index contributed by atoms with van der Waals surface area (Å²) in [5.74, 6) is 0. The van der Waals surface area contributed by atoms with Crippen LogP contribution in [0.15, 0.2) is 70.4 Å². The van der Waals surface area contributed by atoms with E-state index in [-0.39, 0.29) is 0 Å². The molecule has 0 heterocycles. The molecule has 2 aromatic rings. The van der Waals surface area contributed by atoms with Crippen LogP contribution in [0.4, 0.5) is 0 Å². The van der Waals surface area contributed by atoms with Gasteiger partial charge in [-0.15, -0.1) is 0 Å². The Labute approximate surface area is 268 Å². The monoisotopic (exact) mass is 644 g/mol. The first kappa shape index (κ1) is 36.9. The van der Waals surface area contributed by atoms with Crippen LogP contribution >= 0.6 is 23.2 Å². The van der Waals surface area contributed by atoms with Crippen molar-refractivity contribution in [3.05, 3.63) is 91.6 Å². The van der Waals surface area contributed by atoms with E-state index < -0.39 is 28.4 Å². The van der Waals surface area contributed by atoms with Crippen LogP contribution in [0, 0.1) is 0 Å². The summed E-state index contributed by atoms with van der Waals surface area (Å²) in [7, 11) is -4.76. The van der Waals surface area contributed by atoms with Gasteiger partial charge < -0.3 is 10.2 Å². The summed E-state index contributed by atoms with van der Waals surface area (Å²) >= 11 is 12.5. The lowest BCUT2D eigenvalue weighted by Crippen LogP contribution is -2.49. The molecule has 2 N–H and O–H groups in total. The average molecular weight is 646 g/mol. The fourth-order valence-corrected chi connectivity index (χ4v) is 22.3. The van der Waals surface area contributed by atoms with Gasteiger partial charge in [0.05, 0.1) is 0 Å². The summed E-state index contributed by atoms with van der Waals surface area (Å²) in [5, 5.41) is 27.5. The molecule has 0 aliphatic carbocycles. The number of aliphatic hydroxyl groups is 2. The van der Waals surface area contributed by atoms with Crippen LogP contribution in [-0.2, 0) is 0 Å². The molecule has 0 saturated heterocycles. The van der Waals surface area contributed by atoms with Crippen LogP contribution in [0.25, 0.3) is 0 Å². The summed E-state index contributed by atoms with van der Waals surface area (Å²) in [5.41, 5.74) is 11.2. The van der Waals surface area contributed by atoms with Gasteiger partial charge >= 0.3 is 0 Å². The molecule has 0 aliphatic rings. The minimum Gasteiger partial charge on any atom is -0.384 e. The first-order valence-electron chi connectivity index (χ1n) is 15.6. The molecule has 2 nitrogen and oxygen atoms in total. The Morgan fingerprint density at radius 3 is 0.881 bits per heavy atom. The molecule has 42 heavy (non-hydrogen) atoms. The van der Waals surface area contributed by atoms with Gasteiger partial charge in [-0.2, -0.15) is 0 Å². The molecule has 232 valence electrons. The fraction of sp³-hybridized carbons (Fsp3) is 0.556. The van der Waals surface area contributed by atoms with Crippen molar-refractivity contribution in [2.24, 2.45) is 0 Å². The van der Waals surface area contributed by atoms with Crippen LogP contribution in [0.3, 0.4) is 0 Å². The Kier molecular flexibility index (Phi) is 13.3. The molecule has 0 aromatic heterocycles. The number of halogens is 2. The number of benzene rings is 2. The van der Waals surface area contributed by atoms with Gasteiger partial charge in [-0.1, -0.05) is 142 Å². The van der Waals surface area contributed by atoms with E-state index >= 15 is 0 Å². The van der Waals surface area contributed by atoms with Gasteiger partial charge in [0.15, 0.2) is 0 Å². The minimum absolute atomic E-state index is 0.357. The zero-order valence-electron chi connectivity index (χ0n) is 27.9. The van der Waals surface area contributed by atoms with Gasteiger partial charge in [-0.05, 0) is 68.6 Å². The minimum atomic E-state index is -2.38. The molecule has 6 heteroatoms. The molecule has 0 unspecified atom stereocenters. The largest absolute Gasteiger partial charge is 0.384 e. The zero-order valence-corrected chi connectivity index (χ0v) is 31.4. The van der Waals surface area contributed by atoms with E-state index in [0.29, 0.717) is 43.3 Å². The Morgan fingerprint density at radius 1 is 0.476 bits per heavy atom.